The molecule has 3 aromatic rings. The monoisotopic (exact) mass is 379 g/mol. The molecule has 0 saturated heterocycles. The number of rotatable bonds is 4. The van der Waals surface area contributed by atoms with E-state index in [1.165, 1.54) is 6.92 Å². The van der Waals surface area contributed by atoms with E-state index in [9.17, 15) is 14.4 Å². The van der Waals surface area contributed by atoms with Gasteiger partial charge in [0, 0.05) is 11.8 Å². The standard InChI is InChI=1S/C22H21NO5/c1-12-5-7-17(14(3)9-12)23-21(25)15(4)27-22(26)20-11-18(24)16-10-13(2)6-8-19(16)28-20/h5-11,15H,1-4H3,(H,23,25)/t15-/m1/s1. The molecule has 0 aliphatic rings. The maximum Gasteiger partial charge on any atom is 0.375 e. The van der Waals surface area contributed by atoms with Crippen molar-refractivity contribution in [2.45, 2.75) is 33.8 Å². The molecule has 0 saturated carbocycles. The van der Waals surface area contributed by atoms with Crippen molar-refractivity contribution in [3.63, 3.8) is 0 Å². The van der Waals surface area contributed by atoms with E-state index in [2.05, 4.69) is 5.32 Å². The zero-order valence-electron chi connectivity index (χ0n) is 16.2. The summed E-state index contributed by atoms with van der Waals surface area (Å²) in [5.74, 6) is -1.59. The van der Waals surface area contributed by atoms with E-state index < -0.39 is 18.0 Å². The fraction of sp³-hybridized carbons (Fsp3) is 0.227. The Morgan fingerprint density at radius 2 is 1.68 bits per heavy atom. The molecule has 1 aromatic heterocycles. The molecule has 0 unspecified atom stereocenters. The van der Waals surface area contributed by atoms with Crippen molar-refractivity contribution in [1.82, 2.24) is 0 Å². The number of ether oxygens (including phenoxy) is 1. The molecule has 144 valence electrons. The molecule has 3 rings (SSSR count). The number of hydrogen-bond donors (Lipinski definition) is 1. The van der Waals surface area contributed by atoms with E-state index in [-0.39, 0.29) is 16.8 Å². The summed E-state index contributed by atoms with van der Waals surface area (Å²) in [4.78, 5) is 36.9. The summed E-state index contributed by atoms with van der Waals surface area (Å²) in [6.45, 7) is 7.16. The maximum atomic E-state index is 12.4. The average molecular weight is 379 g/mol. The molecule has 1 amide bonds. The van der Waals surface area contributed by atoms with Gasteiger partial charge in [-0.05, 0) is 51.5 Å². The number of nitrogens with one attached hydrogen (secondary N) is 1. The summed E-state index contributed by atoms with van der Waals surface area (Å²) in [7, 11) is 0. The van der Waals surface area contributed by atoms with Crippen LogP contribution < -0.4 is 10.7 Å². The highest BCUT2D eigenvalue weighted by Crippen LogP contribution is 2.18. The highest BCUT2D eigenvalue weighted by atomic mass is 16.6. The second kappa shape index (κ2) is 7.68. The number of hydrogen-bond acceptors (Lipinski definition) is 5. The third-order valence-corrected chi connectivity index (χ3v) is 4.38. The third kappa shape index (κ3) is 4.11. The predicted octanol–water partition coefficient (Wildman–Crippen LogP) is 3.90. The van der Waals surface area contributed by atoms with Crippen LogP contribution in [-0.4, -0.2) is 18.0 Å². The van der Waals surface area contributed by atoms with Crippen LogP contribution in [0.4, 0.5) is 5.69 Å². The van der Waals surface area contributed by atoms with Gasteiger partial charge in [-0.1, -0.05) is 29.3 Å². The first-order valence-electron chi connectivity index (χ1n) is 8.88. The van der Waals surface area contributed by atoms with Crippen LogP contribution in [0.15, 0.2) is 51.7 Å². The molecule has 6 heteroatoms. The van der Waals surface area contributed by atoms with Gasteiger partial charge in [0.25, 0.3) is 5.91 Å². The lowest BCUT2D eigenvalue weighted by Crippen LogP contribution is -2.30. The van der Waals surface area contributed by atoms with Gasteiger partial charge in [0.2, 0.25) is 5.76 Å². The molecule has 1 N–H and O–H groups in total. The molecule has 0 aliphatic heterocycles. The van der Waals surface area contributed by atoms with Gasteiger partial charge in [-0.15, -0.1) is 0 Å². The molecule has 2 aromatic carbocycles. The van der Waals surface area contributed by atoms with Crippen molar-refractivity contribution < 1.29 is 18.7 Å². The van der Waals surface area contributed by atoms with Crippen LogP contribution in [0.25, 0.3) is 11.0 Å². The lowest BCUT2D eigenvalue weighted by atomic mass is 10.1. The van der Waals surface area contributed by atoms with E-state index in [4.69, 9.17) is 9.15 Å². The van der Waals surface area contributed by atoms with Gasteiger partial charge in [-0.2, -0.15) is 0 Å². The van der Waals surface area contributed by atoms with Gasteiger partial charge in [-0.25, -0.2) is 4.79 Å². The Labute approximate surface area is 162 Å². The minimum absolute atomic E-state index is 0.243. The van der Waals surface area contributed by atoms with Crippen LogP contribution in [0.5, 0.6) is 0 Å². The Morgan fingerprint density at radius 3 is 2.39 bits per heavy atom. The van der Waals surface area contributed by atoms with Crippen molar-refractivity contribution in [3.8, 4) is 0 Å². The Morgan fingerprint density at radius 1 is 1.00 bits per heavy atom. The molecular weight excluding hydrogens is 358 g/mol. The topological polar surface area (TPSA) is 85.6 Å². The molecule has 1 heterocycles. The Balaban J connectivity index is 1.74. The van der Waals surface area contributed by atoms with Crippen LogP contribution in [0, 0.1) is 20.8 Å². The van der Waals surface area contributed by atoms with Crippen LogP contribution in [0.1, 0.15) is 34.2 Å². The minimum atomic E-state index is -1.06. The Hall–Kier alpha value is -3.41. The summed E-state index contributed by atoms with van der Waals surface area (Å²) in [6.07, 6.45) is -1.06. The van der Waals surface area contributed by atoms with Crippen molar-refractivity contribution in [2.75, 3.05) is 5.32 Å². The van der Waals surface area contributed by atoms with Crippen molar-refractivity contribution in [1.29, 1.82) is 0 Å². The molecule has 0 radical (unpaired) electrons. The fourth-order valence-electron chi connectivity index (χ4n) is 2.83. The first kappa shape index (κ1) is 19.4. The van der Waals surface area contributed by atoms with Gasteiger partial charge in [-0.3, -0.25) is 9.59 Å². The normalized spacial score (nSPS) is 11.9. The van der Waals surface area contributed by atoms with Crippen LogP contribution in [0.2, 0.25) is 0 Å². The number of fused-ring (bicyclic) bond motifs is 1. The molecule has 1 atom stereocenters. The molecule has 0 spiro atoms. The molecule has 0 aliphatic carbocycles. The summed E-state index contributed by atoms with van der Waals surface area (Å²) >= 11 is 0. The van der Waals surface area contributed by atoms with E-state index in [0.717, 1.165) is 22.8 Å². The summed E-state index contributed by atoms with van der Waals surface area (Å²) in [5, 5.41) is 3.12. The number of amides is 1. The predicted molar refractivity (Wildman–Crippen MR) is 107 cm³/mol. The molecule has 6 nitrogen and oxygen atoms in total. The zero-order valence-corrected chi connectivity index (χ0v) is 16.2. The van der Waals surface area contributed by atoms with E-state index in [1.54, 1.807) is 24.3 Å². The van der Waals surface area contributed by atoms with Crippen molar-refractivity contribution in [2.24, 2.45) is 0 Å². The SMILES string of the molecule is Cc1ccc(NC(=O)[C@@H](C)OC(=O)c2cc(=O)c3cc(C)ccc3o2)c(C)c1. The van der Waals surface area contributed by atoms with Gasteiger partial charge in [0.05, 0.1) is 5.39 Å². The first-order valence-corrected chi connectivity index (χ1v) is 8.88. The molecule has 28 heavy (non-hydrogen) atoms. The number of aryl methyl sites for hydroxylation is 3. The van der Waals surface area contributed by atoms with Crippen molar-refractivity contribution in [3.05, 3.63) is 75.1 Å². The average Bonchev–Trinajstić information content (AvgIpc) is 2.64. The molecule has 0 fully saturated rings. The second-order valence-electron chi connectivity index (χ2n) is 6.83. The summed E-state index contributed by atoms with van der Waals surface area (Å²) < 4.78 is 10.7. The lowest BCUT2D eigenvalue weighted by Gasteiger charge is -2.14. The Kier molecular flexibility index (Phi) is 5.31. The van der Waals surface area contributed by atoms with Crippen LogP contribution in [-0.2, 0) is 9.53 Å². The Bertz CT molecular complexity index is 1130. The quantitative estimate of drug-likeness (QED) is 0.695. The van der Waals surface area contributed by atoms with Gasteiger partial charge in [0.15, 0.2) is 11.5 Å². The van der Waals surface area contributed by atoms with Crippen molar-refractivity contribution >= 4 is 28.5 Å². The third-order valence-electron chi connectivity index (χ3n) is 4.38. The van der Waals surface area contributed by atoms with Crippen LogP contribution >= 0.6 is 0 Å². The largest absolute Gasteiger partial charge is 0.449 e. The lowest BCUT2D eigenvalue weighted by molar-refractivity contribution is -0.123. The van der Waals surface area contributed by atoms with Gasteiger partial charge >= 0.3 is 5.97 Å². The van der Waals surface area contributed by atoms with E-state index in [0.29, 0.717) is 11.1 Å². The van der Waals surface area contributed by atoms with E-state index >= 15 is 0 Å². The summed E-state index contributed by atoms with van der Waals surface area (Å²) in [6, 6.07) is 11.8. The zero-order chi connectivity index (χ0) is 20.4. The highest BCUT2D eigenvalue weighted by Gasteiger charge is 2.22. The van der Waals surface area contributed by atoms with Crippen LogP contribution in [0.3, 0.4) is 0 Å². The fourth-order valence-corrected chi connectivity index (χ4v) is 2.83. The number of carbonyl (C=O) groups excluding carboxylic acids is 2. The minimum Gasteiger partial charge on any atom is -0.449 e. The first-order chi connectivity index (χ1) is 13.2. The molecular formula is C22H21NO5. The number of esters is 1. The van der Waals surface area contributed by atoms with E-state index in [1.807, 2.05) is 32.9 Å². The molecule has 0 bridgehead atoms. The number of carbonyl (C=O) groups is 2. The smallest absolute Gasteiger partial charge is 0.375 e. The number of benzene rings is 2. The number of anilines is 1. The summed E-state index contributed by atoms with van der Waals surface area (Å²) in [5.41, 5.74) is 3.49. The highest BCUT2D eigenvalue weighted by molar-refractivity contribution is 5.97. The van der Waals surface area contributed by atoms with Gasteiger partial charge in [0.1, 0.15) is 5.58 Å². The second-order valence-corrected chi connectivity index (χ2v) is 6.83. The van der Waals surface area contributed by atoms with Gasteiger partial charge < -0.3 is 14.5 Å². The maximum absolute atomic E-state index is 12.4.